The average molecular weight is 277 g/mol. The topological polar surface area (TPSA) is 59.0 Å². The van der Waals surface area contributed by atoms with E-state index in [1.807, 2.05) is 24.0 Å². The molecule has 20 heavy (non-hydrogen) atoms. The number of likely N-dealkylation sites (tertiary alicyclic amines) is 1. The molecule has 0 aromatic heterocycles. The summed E-state index contributed by atoms with van der Waals surface area (Å²) >= 11 is 0. The Morgan fingerprint density at radius 2 is 2.05 bits per heavy atom. The van der Waals surface area contributed by atoms with Crippen LogP contribution in [0.2, 0.25) is 0 Å². The molecule has 0 spiro atoms. The SMILES string of the molecule is Cc1cc2c(cc1CN1CCCC1C(=O)O)OCCO2. The van der Waals surface area contributed by atoms with Gasteiger partial charge in [0.15, 0.2) is 11.5 Å². The van der Waals surface area contributed by atoms with Crippen molar-refractivity contribution in [1.29, 1.82) is 0 Å². The maximum absolute atomic E-state index is 11.2. The lowest BCUT2D eigenvalue weighted by atomic mass is 10.1. The van der Waals surface area contributed by atoms with Crippen molar-refractivity contribution in [3.05, 3.63) is 23.3 Å². The van der Waals surface area contributed by atoms with Gasteiger partial charge in [-0.1, -0.05) is 0 Å². The first-order chi connectivity index (χ1) is 9.65. The molecule has 1 N–H and O–H groups in total. The zero-order valence-corrected chi connectivity index (χ0v) is 11.6. The second-order valence-corrected chi connectivity index (χ2v) is 5.39. The van der Waals surface area contributed by atoms with E-state index in [1.165, 1.54) is 0 Å². The van der Waals surface area contributed by atoms with E-state index in [-0.39, 0.29) is 6.04 Å². The first-order valence-corrected chi connectivity index (χ1v) is 7.01. The first kappa shape index (κ1) is 13.2. The van der Waals surface area contributed by atoms with E-state index in [0.29, 0.717) is 19.8 Å². The van der Waals surface area contributed by atoms with Crippen molar-refractivity contribution in [2.24, 2.45) is 0 Å². The Balaban J connectivity index is 1.82. The molecular weight excluding hydrogens is 258 g/mol. The first-order valence-electron chi connectivity index (χ1n) is 7.01. The molecular formula is C15H19NO4. The average Bonchev–Trinajstić information content (AvgIpc) is 2.88. The molecule has 1 unspecified atom stereocenters. The molecule has 3 rings (SSSR count). The standard InChI is InChI=1S/C15H19NO4/c1-10-7-13-14(20-6-5-19-13)8-11(10)9-16-4-2-3-12(16)15(17)18/h7-8,12H,2-6,9H2,1H3,(H,17,18). The highest BCUT2D eigenvalue weighted by atomic mass is 16.6. The van der Waals surface area contributed by atoms with Gasteiger partial charge in [-0.25, -0.2) is 0 Å². The van der Waals surface area contributed by atoms with Crippen molar-refractivity contribution in [2.45, 2.75) is 32.4 Å². The van der Waals surface area contributed by atoms with Crippen molar-refractivity contribution < 1.29 is 19.4 Å². The summed E-state index contributed by atoms with van der Waals surface area (Å²) in [6, 6.07) is 3.61. The Morgan fingerprint density at radius 3 is 2.75 bits per heavy atom. The third-order valence-electron chi connectivity index (χ3n) is 4.02. The van der Waals surface area contributed by atoms with E-state index in [2.05, 4.69) is 0 Å². The van der Waals surface area contributed by atoms with Crippen LogP contribution in [-0.2, 0) is 11.3 Å². The number of carboxylic acid groups (broad SMARTS) is 1. The molecule has 1 fully saturated rings. The van der Waals surface area contributed by atoms with Crippen LogP contribution in [0, 0.1) is 6.92 Å². The molecule has 5 nitrogen and oxygen atoms in total. The molecule has 0 aliphatic carbocycles. The molecule has 2 heterocycles. The van der Waals surface area contributed by atoms with Gasteiger partial charge in [-0.15, -0.1) is 0 Å². The minimum Gasteiger partial charge on any atom is -0.486 e. The van der Waals surface area contributed by atoms with Crippen molar-refractivity contribution in [3.63, 3.8) is 0 Å². The molecule has 0 radical (unpaired) electrons. The predicted molar refractivity (Wildman–Crippen MR) is 73.2 cm³/mol. The van der Waals surface area contributed by atoms with Crippen molar-refractivity contribution in [3.8, 4) is 11.5 Å². The van der Waals surface area contributed by atoms with Gasteiger partial charge in [0.05, 0.1) is 0 Å². The largest absolute Gasteiger partial charge is 0.486 e. The minimum absolute atomic E-state index is 0.359. The monoisotopic (exact) mass is 277 g/mol. The van der Waals surface area contributed by atoms with Gasteiger partial charge in [-0.3, -0.25) is 9.69 Å². The number of nitrogens with zero attached hydrogens (tertiary/aromatic N) is 1. The summed E-state index contributed by atoms with van der Waals surface area (Å²) in [7, 11) is 0. The van der Waals surface area contributed by atoms with Crippen LogP contribution >= 0.6 is 0 Å². The van der Waals surface area contributed by atoms with E-state index in [1.54, 1.807) is 0 Å². The van der Waals surface area contributed by atoms with E-state index < -0.39 is 5.97 Å². The van der Waals surface area contributed by atoms with Gasteiger partial charge < -0.3 is 14.6 Å². The number of ether oxygens (including phenoxy) is 2. The lowest BCUT2D eigenvalue weighted by Gasteiger charge is -2.24. The molecule has 2 aliphatic heterocycles. The number of carbonyl (C=O) groups is 1. The molecule has 2 aliphatic rings. The fraction of sp³-hybridized carbons (Fsp3) is 0.533. The number of aryl methyl sites for hydroxylation is 1. The van der Waals surface area contributed by atoms with E-state index in [4.69, 9.17) is 9.47 Å². The maximum atomic E-state index is 11.2. The molecule has 0 bridgehead atoms. The number of carboxylic acids is 1. The Morgan fingerprint density at radius 1 is 1.35 bits per heavy atom. The van der Waals surface area contributed by atoms with E-state index in [0.717, 1.165) is 42.0 Å². The fourth-order valence-electron chi connectivity index (χ4n) is 2.92. The molecule has 1 aromatic rings. The van der Waals surface area contributed by atoms with Crippen LogP contribution in [0.4, 0.5) is 0 Å². The van der Waals surface area contributed by atoms with Crippen molar-refractivity contribution in [1.82, 2.24) is 4.90 Å². The lowest BCUT2D eigenvalue weighted by Crippen LogP contribution is -2.35. The highest BCUT2D eigenvalue weighted by molar-refractivity contribution is 5.73. The summed E-state index contributed by atoms with van der Waals surface area (Å²) < 4.78 is 11.2. The molecule has 5 heteroatoms. The number of fused-ring (bicyclic) bond motifs is 1. The highest BCUT2D eigenvalue weighted by Gasteiger charge is 2.30. The Kier molecular flexibility index (Phi) is 3.53. The van der Waals surface area contributed by atoms with Gasteiger partial charge in [0.25, 0.3) is 0 Å². The van der Waals surface area contributed by atoms with Gasteiger partial charge >= 0.3 is 5.97 Å². The quantitative estimate of drug-likeness (QED) is 0.913. The van der Waals surface area contributed by atoms with Crippen molar-refractivity contribution >= 4 is 5.97 Å². The van der Waals surface area contributed by atoms with Crippen LogP contribution in [-0.4, -0.2) is 41.8 Å². The number of aliphatic carboxylic acids is 1. The molecule has 1 saturated heterocycles. The number of hydrogen-bond donors (Lipinski definition) is 1. The summed E-state index contributed by atoms with van der Waals surface area (Å²) in [6.45, 7) is 4.67. The number of benzene rings is 1. The van der Waals surface area contributed by atoms with Crippen LogP contribution in [0.1, 0.15) is 24.0 Å². The number of hydrogen-bond acceptors (Lipinski definition) is 4. The smallest absolute Gasteiger partial charge is 0.320 e. The molecule has 1 atom stereocenters. The third-order valence-corrected chi connectivity index (χ3v) is 4.02. The van der Waals surface area contributed by atoms with Gasteiger partial charge in [0.1, 0.15) is 19.3 Å². The highest BCUT2D eigenvalue weighted by Crippen LogP contribution is 2.34. The van der Waals surface area contributed by atoms with Gasteiger partial charge in [0, 0.05) is 6.54 Å². The second-order valence-electron chi connectivity index (χ2n) is 5.39. The lowest BCUT2D eigenvalue weighted by molar-refractivity contribution is -0.142. The predicted octanol–water partition coefficient (Wildman–Crippen LogP) is 1.82. The Labute approximate surface area is 118 Å². The number of rotatable bonds is 3. The Bertz CT molecular complexity index is 529. The summed E-state index contributed by atoms with van der Waals surface area (Å²) in [5.74, 6) is 0.828. The van der Waals surface area contributed by atoms with Gasteiger partial charge in [-0.2, -0.15) is 0 Å². The second kappa shape index (κ2) is 5.32. The van der Waals surface area contributed by atoms with Crippen LogP contribution in [0.5, 0.6) is 11.5 Å². The third kappa shape index (κ3) is 2.45. The van der Waals surface area contributed by atoms with Crippen LogP contribution < -0.4 is 9.47 Å². The van der Waals surface area contributed by atoms with Gasteiger partial charge in [-0.05, 0) is 49.6 Å². The minimum atomic E-state index is -0.724. The van der Waals surface area contributed by atoms with Crippen LogP contribution in [0.25, 0.3) is 0 Å². The molecule has 0 amide bonds. The van der Waals surface area contributed by atoms with Crippen LogP contribution in [0.15, 0.2) is 12.1 Å². The summed E-state index contributed by atoms with van der Waals surface area (Å²) in [5.41, 5.74) is 2.23. The Hall–Kier alpha value is -1.75. The molecule has 108 valence electrons. The maximum Gasteiger partial charge on any atom is 0.320 e. The summed E-state index contributed by atoms with van der Waals surface area (Å²) in [5, 5.41) is 9.24. The van der Waals surface area contributed by atoms with E-state index >= 15 is 0 Å². The van der Waals surface area contributed by atoms with E-state index in [9.17, 15) is 9.90 Å². The summed E-state index contributed by atoms with van der Waals surface area (Å²) in [6.07, 6.45) is 1.68. The molecule has 0 saturated carbocycles. The van der Waals surface area contributed by atoms with Crippen LogP contribution in [0.3, 0.4) is 0 Å². The van der Waals surface area contributed by atoms with Crippen molar-refractivity contribution in [2.75, 3.05) is 19.8 Å². The fourth-order valence-corrected chi connectivity index (χ4v) is 2.92. The normalized spacial score (nSPS) is 21.9. The zero-order valence-electron chi connectivity index (χ0n) is 11.6. The molecule has 1 aromatic carbocycles. The zero-order chi connectivity index (χ0) is 14.1. The van der Waals surface area contributed by atoms with Gasteiger partial charge in [0.2, 0.25) is 0 Å². The summed E-state index contributed by atoms with van der Waals surface area (Å²) in [4.78, 5) is 13.3.